The lowest BCUT2D eigenvalue weighted by atomic mass is 9.96. The van der Waals surface area contributed by atoms with Gasteiger partial charge in [0, 0.05) is 14.9 Å². The molecule has 7 heteroatoms. The van der Waals surface area contributed by atoms with Crippen molar-refractivity contribution in [3.8, 4) is 0 Å². The molecule has 0 aliphatic carbocycles. The van der Waals surface area contributed by atoms with Gasteiger partial charge in [0.15, 0.2) is 6.10 Å². The maximum absolute atomic E-state index is 12.2. The fourth-order valence-corrected chi connectivity index (χ4v) is 4.10. The highest BCUT2D eigenvalue weighted by atomic mass is 79.9. The minimum atomic E-state index is -1.06. The Morgan fingerprint density at radius 1 is 1.55 bits per heavy atom. The summed E-state index contributed by atoms with van der Waals surface area (Å²) in [6.45, 7) is 5.48. The van der Waals surface area contributed by atoms with Crippen molar-refractivity contribution in [1.82, 2.24) is 4.90 Å². The third-order valence-electron chi connectivity index (χ3n) is 3.10. The van der Waals surface area contributed by atoms with Crippen LogP contribution in [0.15, 0.2) is 15.9 Å². The molecule has 1 aromatic rings. The second kappa shape index (κ2) is 5.46. The minimum absolute atomic E-state index is 0.194. The Kier molecular flexibility index (Phi) is 4.22. The first kappa shape index (κ1) is 15.5. The standard InChI is InChI=1S/C13H16BrNO4S/c1-13(2,3)15-8(16)6-19-10(12(17)18)9(15)11-7(14)4-5-20-11/h4-5,9-10H,6H2,1-3H3,(H,17,18). The zero-order valence-corrected chi connectivity index (χ0v) is 13.8. The number of thiophene rings is 1. The van der Waals surface area contributed by atoms with Crippen LogP contribution >= 0.6 is 27.3 Å². The average Bonchev–Trinajstić information content (AvgIpc) is 2.72. The SMILES string of the molecule is CC(C)(C)N1C(=O)COC(C(=O)O)C1c1sccc1Br. The highest BCUT2D eigenvalue weighted by molar-refractivity contribution is 9.10. The molecule has 2 heterocycles. The summed E-state index contributed by atoms with van der Waals surface area (Å²) in [4.78, 5) is 26.1. The predicted octanol–water partition coefficient (Wildman–Crippen LogP) is 2.66. The maximum atomic E-state index is 12.2. The van der Waals surface area contributed by atoms with Gasteiger partial charge >= 0.3 is 5.97 Å². The van der Waals surface area contributed by atoms with Crippen LogP contribution in [0.4, 0.5) is 0 Å². The number of carbonyl (C=O) groups excluding carboxylic acids is 1. The van der Waals surface area contributed by atoms with Gasteiger partial charge in [-0.25, -0.2) is 4.79 Å². The smallest absolute Gasteiger partial charge is 0.335 e. The van der Waals surface area contributed by atoms with E-state index in [9.17, 15) is 14.7 Å². The van der Waals surface area contributed by atoms with Gasteiger partial charge in [-0.2, -0.15) is 0 Å². The number of hydrogen-bond donors (Lipinski definition) is 1. The lowest BCUT2D eigenvalue weighted by Crippen LogP contribution is -2.58. The van der Waals surface area contributed by atoms with Gasteiger partial charge in [0.2, 0.25) is 5.91 Å². The average molecular weight is 362 g/mol. The first-order chi connectivity index (χ1) is 9.23. The van der Waals surface area contributed by atoms with Crippen molar-refractivity contribution in [1.29, 1.82) is 0 Å². The van der Waals surface area contributed by atoms with Gasteiger partial charge in [0.1, 0.15) is 12.6 Å². The summed E-state index contributed by atoms with van der Waals surface area (Å²) in [5, 5.41) is 11.3. The van der Waals surface area contributed by atoms with Crippen LogP contribution in [0.1, 0.15) is 31.7 Å². The van der Waals surface area contributed by atoms with Crippen LogP contribution in [0, 0.1) is 0 Å². The quantitative estimate of drug-likeness (QED) is 0.879. The van der Waals surface area contributed by atoms with E-state index in [4.69, 9.17) is 4.74 Å². The molecule has 0 aromatic carbocycles. The highest BCUT2D eigenvalue weighted by Crippen LogP contribution is 2.41. The van der Waals surface area contributed by atoms with Gasteiger partial charge in [0.05, 0.1) is 0 Å². The van der Waals surface area contributed by atoms with E-state index < -0.39 is 23.7 Å². The van der Waals surface area contributed by atoms with Gasteiger partial charge in [0.25, 0.3) is 0 Å². The molecule has 0 bridgehead atoms. The molecule has 1 N–H and O–H groups in total. The zero-order valence-electron chi connectivity index (χ0n) is 11.4. The molecule has 5 nitrogen and oxygen atoms in total. The minimum Gasteiger partial charge on any atom is -0.479 e. The van der Waals surface area contributed by atoms with E-state index in [1.165, 1.54) is 11.3 Å². The van der Waals surface area contributed by atoms with E-state index >= 15 is 0 Å². The molecule has 1 aliphatic heterocycles. The lowest BCUT2D eigenvalue weighted by Gasteiger charge is -2.46. The largest absolute Gasteiger partial charge is 0.479 e. The topological polar surface area (TPSA) is 66.8 Å². The number of aliphatic carboxylic acids is 1. The molecular formula is C13H16BrNO4S. The third-order valence-corrected chi connectivity index (χ3v) is 5.04. The molecule has 0 saturated carbocycles. The molecule has 2 rings (SSSR count). The van der Waals surface area contributed by atoms with Crippen molar-refractivity contribution in [3.63, 3.8) is 0 Å². The molecule has 1 saturated heterocycles. The summed E-state index contributed by atoms with van der Waals surface area (Å²) in [5.74, 6) is -1.25. The lowest BCUT2D eigenvalue weighted by molar-refractivity contribution is -0.179. The molecule has 0 spiro atoms. The number of carbonyl (C=O) groups is 2. The molecule has 1 aromatic heterocycles. The van der Waals surface area contributed by atoms with Crippen LogP contribution < -0.4 is 0 Å². The Morgan fingerprint density at radius 3 is 2.65 bits per heavy atom. The molecule has 20 heavy (non-hydrogen) atoms. The normalized spacial score (nSPS) is 24.0. The van der Waals surface area contributed by atoms with Crippen molar-refractivity contribution in [2.75, 3.05) is 6.61 Å². The van der Waals surface area contributed by atoms with Crippen molar-refractivity contribution >= 4 is 39.1 Å². The second-order valence-electron chi connectivity index (χ2n) is 5.58. The first-order valence-corrected chi connectivity index (χ1v) is 7.80. The molecular weight excluding hydrogens is 346 g/mol. The summed E-state index contributed by atoms with van der Waals surface area (Å²) in [7, 11) is 0. The predicted molar refractivity (Wildman–Crippen MR) is 78.7 cm³/mol. The maximum Gasteiger partial charge on any atom is 0.335 e. The second-order valence-corrected chi connectivity index (χ2v) is 7.38. The van der Waals surface area contributed by atoms with E-state index in [0.29, 0.717) is 0 Å². The van der Waals surface area contributed by atoms with E-state index in [1.807, 2.05) is 32.2 Å². The van der Waals surface area contributed by atoms with Crippen molar-refractivity contribution < 1.29 is 19.4 Å². The van der Waals surface area contributed by atoms with Gasteiger partial charge in [-0.15, -0.1) is 11.3 Å². The monoisotopic (exact) mass is 361 g/mol. The Morgan fingerprint density at radius 2 is 2.20 bits per heavy atom. The molecule has 0 radical (unpaired) electrons. The Hall–Kier alpha value is -0.920. The Balaban J connectivity index is 2.53. The fourth-order valence-electron chi connectivity index (χ4n) is 2.38. The zero-order chi connectivity index (χ0) is 15.1. The van der Waals surface area contributed by atoms with Crippen LogP contribution in [0.25, 0.3) is 0 Å². The van der Waals surface area contributed by atoms with Crippen LogP contribution in [0.5, 0.6) is 0 Å². The van der Waals surface area contributed by atoms with E-state index in [1.54, 1.807) is 4.90 Å². The fraction of sp³-hybridized carbons (Fsp3) is 0.538. The summed E-state index contributed by atoms with van der Waals surface area (Å²) in [6.07, 6.45) is -1.05. The van der Waals surface area contributed by atoms with Crippen LogP contribution in [0.3, 0.4) is 0 Å². The molecule has 2 atom stereocenters. The summed E-state index contributed by atoms with van der Waals surface area (Å²) >= 11 is 4.83. The van der Waals surface area contributed by atoms with Crippen LogP contribution in [-0.4, -0.2) is 40.1 Å². The van der Waals surface area contributed by atoms with Gasteiger partial charge in [-0.3, -0.25) is 4.79 Å². The number of rotatable bonds is 2. The first-order valence-electron chi connectivity index (χ1n) is 6.13. The number of carboxylic acid groups (broad SMARTS) is 1. The molecule has 110 valence electrons. The molecule has 1 aliphatic rings. The number of hydrogen-bond acceptors (Lipinski definition) is 4. The van der Waals surface area contributed by atoms with E-state index in [2.05, 4.69) is 15.9 Å². The summed E-state index contributed by atoms with van der Waals surface area (Å²) in [5.41, 5.74) is -0.483. The van der Waals surface area contributed by atoms with Gasteiger partial charge < -0.3 is 14.7 Å². The molecule has 1 fully saturated rings. The highest BCUT2D eigenvalue weighted by Gasteiger charge is 2.47. The van der Waals surface area contributed by atoms with E-state index in [0.717, 1.165) is 9.35 Å². The Bertz CT molecular complexity index is 537. The number of amides is 1. The number of nitrogens with zero attached hydrogens (tertiary/aromatic N) is 1. The summed E-state index contributed by atoms with van der Waals surface area (Å²) in [6, 6.07) is 1.22. The van der Waals surface area contributed by atoms with Crippen molar-refractivity contribution in [2.24, 2.45) is 0 Å². The number of halogens is 1. The van der Waals surface area contributed by atoms with E-state index in [-0.39, 0.29) is 12.5 Å². The number of morpholine rings is 1. The Labute approximate surface area is 129 Å². The van der Waals surface area contributed by atoms with Crippen LogP contribution in [0.2, 0.25) is 0 Å². The van der Waals surface area contributed by atoms with Crippen molar-refractivity contribution in [3.05, 3.63) is 20.8 Å². The summed E-state index contributed by atoms with van der Waals surface area (Å²) < 4.78 is 6.06. The third kappa shape index (κ3) is 2.75. The number of ether oxygens (including phenoxy) is 1. The molecule has 1 amide bonds. The van der Waals surface area contributed by atoms with Gasteiger partial charge in [-0.05, 0) is 48.1 Å². The number of carboxylic acids is 1. The molecule has 2 unspecified atom stereocenters. The van der Waals surface area contributed by atoms with Crippen LogP contribution in [-0.2, 0) is 14.3 Å². The van der Waals surface area contributed by atoms with Gasteiger partial charge in [-0.1, -0.05) is 0 Å². The van der Waals surface area contributed by atoms with Crippen molar-refractivity contribution in [2.45, 2.75) is 38.5 Å².